The summed E-state index contributed by atoms with van der Waals surface area (Å²) in [6, 6.07) is 27.2. The van der Waals surface area contributed by atoms with Gasteiger partial charge in [0.2, 0.25) is 11.8 Å². The van der Waals surface area contributed by atoms with Crippen molar-refractivity contribution in [1.29, 1.82) is 0 Å². The number of halogens is 1. The van der Waals surface area contributed by atoms with E-state index >= 15 is 0 Å². The van der Waals surface area contributed by atoms with Gasteiger partial charge in [0.25, 0.3) is 0 Å². The lowest BCUT2D eigenvalue weighted by atomic mass is 10.0. The van der Waals surface area contributed by atoms with Crippen molar-refractivity contribution < 1.29 is 18.7 Å². The quantitative estimate of drug-likeness (QED) is 0.288. The van der Waals surface area contributed by atoms with Crippen molar-refractivity contribution in [3.05, 3.63) is 125 Å². The molecule has 2 amide bonds. The second kappa shape index (κ2) is 12.8. The molecule has 1 aromatic heterocycles. The summed E-state index contributed by atoms with van der Waals surface area (Å²) in [5.74, 6) is 0.950. The number of carbonyl (C=O) groups excluding carboxylic acids is 2. The molecule has 4 aromatic rings. The number of furan rings is 1. The topological polar surface area (TPSA) is 71.8 Å². The Labute approximate surface area is 221 Å². The molecule has 190 valence electrons. The Morgan fingerprint density at radius 3 is 2.24 bits per heavy atom. The third kappa shape index (κ3) is 7.48. The molecule has 0 saturated heterocycles. The summed E-state index contributed by atoms with van der Waals surface area (Å²) in [7, 11) is 1.61. The van der Waals surface area contributed by atoms with E-state index in [9.17, 15) is 9.59 Å². The Morgan fingerprint density at radius 2 is 1.59 bits per heavy atom. The van der Waals surface area contributed by atoms with Crippen LogP contribution in [0.15, 0.2) is 102 Å². The Hall–Kier alpha value is -4.03. The van der Waals surface area contributed by atoms with Crippen LogP contribution in [0.2, 0.25) is 5.02 Å². The molecule has 4 rings (SSSR count). The van der Waals surface area contributed by atoms with Crippen LogP contribution in [-0.2, 0) is 35.5 Å². The van der Waals surface area contributed by atoms with E-state index in [1.165, 1.54) is 0 Å². The third-order valence-corrected chi connectivity index (χ3v) is 6.32. The third-order valence-electron chi connectivity index (χ3n) is 6.07. The molecule has 7 heteroatoms. The molecule has 1 heterocycles. The van der Waals surface area contributed by atoms with Gasteiger partial charge in [0.05, 0.1) is 26.3 Å². The second-order valence-electron chi connectivity index (χ2n) is 8.68. The van der Waals surface area contributed by atoms with Gasteiger partial charge in [0, 0.05) is 18.0 Å². The van der Waals surface area contributed by atoms with Gasteiger partial charge in [-0.05, 0) is 53.1 Å². The number of rotatable bonds is 11. The standard InChI is InChI=1S/C30H29ClN2O4/c1-36-26-15-11-24(12-16-26)21-33(29(34)19-23-9-13-25(31)14-10-23)28(18-22-6-3-2-4-7-22)30(35)32-20-27-8-5-17-37-27/h2-17,28H,18-21H2,1H3,(H,32,35)/t28-/m1/s1. The Kier molecular flexibility index (Phi) is 9.00. The second-order valence-corrected chi connectivity index (χ2v) is 9.11. The van der Waals surface area contributed by atoms with Crippen LogP contribution in [0.1, 0.15) is 22.5 Å². The predicted molar refractivity (Wildman–Crippen MR) is 143 cm³/mol. The van der Waals surface area contributed by atoms with E-state index in [0.717, 1.165) is 22.4 Å². The number of methoxy groups -OCH3 is 1. The van der Waals surface area contributed by atoms with Crippen molar-refractivity contribution in [1.82, 2.24) is 10.2 Å². The summed E-state index contributed by atoms with van der Waals surface area (Å²) in [6.07, 6.45) is 2.08. The number of ether oxygens (including phenoxy) is 1. The number of nitrogens with one attached hydrogen (secondary N) is 1. The van der Waals surface area contributed by atoms with Gasteiger partial charge in [-0.1, -0.05) is 66.2 Å². The smallest absolute Gasteiger partial charge is 0.243 e. The molecule has 0 radical (unpaired) electrons. The lowest BCUT2D eigenvalue weighted by Gasteiger charge is -2.31. The fraction of sp³-hybridized carbons (Fsp3) is 0.200. The maximum atomic E-state index is 13.8. The molecule has 0 aliphatic carbocycles. The van der Waals surface area contributed by atoms with Gasteiger partial charge in [-0.15, -0.1) is 0 Å². The number of benzene rings is 3. The zero-order valence-corrected chi connectivity index (χ0v) is 21.4. The maximum absolute atomic E-state index is 13.8. The first-order valence-corrected chi connectivity index (χ1v) is 12.4. The van der Waals surface area contributed by atoms with Gasteiger partial charge >= 0.3 is 0 Å². The highest BCUT2D eigenvalue weighted by molar-refractivity contribution is 6.30. The fourth-order valence-corrected chi connectivity index (χ4v) is 4.19. The van der Waals surface area contributed by atoms with Crippen LogP contribution in [0, 0.1) is 0 Å². The van der Waals surface area contributed by atoms with E-state index < -0.39 is 6.04 Å². The van der Waals surface area contributed by atoms with Crippen LogP contribution < -0.4 is 10.1 Å². The summed E-state index contributed by atoms with van der Waals surface area (Å²) >= 11 is 6.04. The molecule has 37 heavy (non-hydrogen) atoms. The summed E-state index contributed by atoms with van der Waals surface area (Å²) in [4.78, 5) is 29.0. The largest absolute Gasteiger partial charge is 0.497 e. The van der Waals surface area contributed by atoms with Gasteiger partial charge in [-0.2, -0.15) is 0 Å². The summed E-state index contributed by atoms with van der Waals surface area (Å²) < 4.78 is 10.7. The van der Waals surface area contributed by atoms with Crippen molar-refractivity contribution >= 4 is 23.4 Å². The molecule has 0 unspecified atom stereocenters. The predicted octanol–water partition coefficient (Wildman–Crippen LogP) is 5.44. The van der Waals surface area contributed by atoms with E-state index in [2.05, 4.69) is 5.32 Å². The number of hydrogen-bond acceptors (Lipinski definition) is 4. The molecular formula is C30H29ClN2O4. The zero-order chi connectivity index (χ0) is 26.0. The minimum atomic E-state index is -0.737. The van der Waals surface area contributed by atoms with E-state index in [0.29, 0.717) is 17.2 Å². The van der Waals surface area contributed by atoms with Crippen LogP contribution in [0.4, 0.5) is 0 Å². The SMILES string of the molecule is COc1ccc(CN(C(=O)Cc2ccc(Cl)cc2)[C@H](Cc2ccccc2)C(=O)NCc2ccco2)cc1. The number of carbonyl (C=O) groups is 2. The Morgan fingerprint density at radius 1 is 0.892 bits per heavy atom. The van der Waals surface area contributed by atoms with Crippen molar-refractivity contribution in [2.75, 3.05) is 7.11 Å². The van der Waals surface area contributed by atoms with Crippen LogP contribution in [0.25, 0.3) is 0 Å². The molecular weight excluding hydrogens is 488 g/mol. The number of hydrogen-bond donors (Lipinski definition) is 1. The Balaban J connectivity index is 1.64. The molecule has 0 aliphatic heterocycles. The van der Waals surface area contributed by atoms with Gasteiger partial charge in [0.15, 0.2) is 0 Å². The first kappa shape index (κ1) is 26.0. The van der Waals surface area contributed by atoms with Crippen molar-refractivity contribution in [2.24, 2.45) is 0 Å². The van der Waals surface area contributed by atoms with E-state index in [1.54, 1.807) is 42.5 Å². The summed E-state index contributed by atoms with van der Waals surface area (Å²) in [5, 5.41) is 3.55. The molecule has 6 nitrogen and oxygen atoms in total. The first-order chi connectivity index (χ1) is 18.0. The average Bonchev–Trinajstić information content (AvgIpc) is 3.45. The highest BCUT2D eigenvalue weighted by Crippen LogP contribution is 2.19. The van der Waals surface area contributed by atoms with Crippen LogP contribution in [-0.4, -0.2) is 29.9 Å². The molecule has 0 fully saturated rings. The lowest BCUT2D eigenvalue weighted by molar-refractivity contribution is -0.140. The van der Waals surface area contributed by atoms with E-state index in [1.807, 2.05) is 66.7 Å². The van der Waals surface area contributed by atoms with Crippen molar-refractivity contribution in [3.63, 3.8) is 0 Å². The van der Waals surface area contributed by atoms with Crippen molar-refractivity contribution in [3.8, 4) is 5.75 Å². The normalized spacial score (nSPS) is 11.5. The molecule has 3 aromatic carbocycles. The molecule has 0 bridgehead atoms. The van der Waals surface area contributed by atoms with Gasteiger partial charge in [-0.25, -0.2) is 0 Å². The van der Waals surface area contributed by atoms with Crippen LogP contribution in [0.5, 0.6) is 5.75 Å². The van der Waals surface area contributed by atoms with E-state index in [4.69, 9.17) is 20.8 Å². The molecule has 0 saturated carbocycles. The van der Waals surface area contributed by atoms with Gasteiger partial charge in [-0.3, -0.25) is 9.59 Å². The number of amides is 2. The number of nitrogens with zero attached hydrogens (tertiary/aromatic N) is 1. The zero-order valence-electron chi connectivity index (χ0n) is 20.6. The van der Waals surface area contributed by atoms with Crippen LogP contribution in [0.3, 0.4) is 0 Å². The first-order valence-electron chi connectivity index (χ1n) is 12.0. The lowest BCUT2D eigenvalue weighted by Crippen LogP contribution is -2.50. The minimum Gasteiger partial charge on any atom is -0.497 e. The maximum Gasteiger partial charge on any atom is 0.243 e. The molecule has 1 N–H and O–H groups in total. The van der Waals surface area contributed by atoms with Crippen molar-refractivity contribution in [2.45, 2.75) is 32.0 Å². The molecule has 1 atom stereocenters. The summed E-state index contributed by atoms with van der Waals surface area (Å²) in [6.45, 7) is 0.501. The molecule has 0 aliphatic rings. The highest BCUT2D eigenvalue weighted by atomic mass is 35.5. The van der Waals surface area contributed by atoms with Gasteiger partial charge in [0.1, 0.15) is 17.6 Å². The molecule has 0 spiro atoms. The minimum absolute atomic E-state index is 0.143. The fourth-order valence-electron chi connectivity index (χ4n) is 4.07. The Bertz CT molecular complexity index is 1270. The highest BCUT2D eigenvalue weighted by Gasteiger charge is 2.30. The van der Waals surface area contributed by atoms with Gasteiger partial charge < -0.3 is 19.4 Å². The van der Waals surface area contributed by atoms with Crippen LogP contribution >= 0.6 is 11.6 Å². The van der Waals surface area contributed by atoms with E-state index in [-0.39, 0.29) is 31.3 Å². The monoisotopic (exact) mass is 516 g/mol. The summed E-state index contributed by atoms with van der Waals surface area (Å²) in [5.41, 5.74) is 2.67. The average molecular weight is 517 g/mol.